The van der Waals surface area contributed by atoms with Gasteiger partial charge in [0.1, 0.15) is 18.5 Å². The van der Waals surface area contributed by atoms with Crippen molar-refractivity contribution < 1.29 is 38.9 Å². The maximum absolute atomic E-state index is 12.9. The van der Waals surface area contributed by atoms with Gasteiger partial charge in [0.15, 0.2) is 6.04 Å². The number of carbonyl (C=O) groups is 3. The molecule has 0 bridgehead atoms. The molecule has 0 aromatic rings. The van der Waals surface area contributed by atoms with Crippen LogP contribution in [-0.2, 0) is 28.7 Å². The zero-order valence-electron chi connectivity index (χ0n) is 16.2. The molecular weight excluding hydrogens is 474 g/mol. The standard InChI is InChI=1S/C16H24BrN3O8S/c1-4-27-16(7-17,28-5-2)11(19-26-3)12(22)18-9-13(23)20-10(15(24)25)8(21)6-29-14(9)20/h8-10,14,21H,4-7H2,1-3H3,(H,18,22)(H,24,25)/t8?,9?,10?,14-/m1/s1. The highest BCUT2D eigenvalue weighted by molar-refractivity contribution is 9.09. The number of thioether (sulfide) groups is 1. The van der Waals surface area contributed by atoms with Gasteiger partial charge >= 0.3 is 5.97 Å². The van der Waals surface area contributed by atoms with Crippen LogP contribution in [0.15, 0.2) is 5.16 Å². The first-order valence-corrected chi connectivity index (χ1v) is 11.1. The molecular formula is C16H24BrN3O8S. The Labute approximate surface area is 180 Å². The Morgan fingerprint density at radius 2 is 2.00 bits per heavy atom. The summed E-state index contributed by atoms with van der Waals surface area (Å²) in [5, 5.41) is 25.0. The number of hydrogen-bond acceptors (Lipinski definition) is 9. The van der Waals surface area contributed by atoms with Crippen LogP contribution in [0, 0.1) is 0 Å². The first-order valence-electron chi connectivity index (χ1n) is 8.88. The van der Waals surface area contributed by atoms with Gasteiger partial charge < -0.3 is 34.7 Å². The van der Waals surface area contributed by atoms with Crippen molar-refractivity contribution in [3.63, 3.8) is 0 Å². The maximum atomic E-state index is 12.9. The van der Waals surface area contributed by atoms with Crippen LogP contribution >= 0.6 is 27.7 Å². The van der Waals surface area contributed by atoms with Crippen LogP contribution in [0.5, 0.6) is 0 Å². The molecule has 2 amide bonds. The number of halogens is 1. The molecule has 11 nitrogen and oxygen atoms in total. The Bertz CT molecular complexity index is 673. The van der Waals surface area contributed by atoms with Crippen molar-refractivity contribution in [3.8, 4) is 0 Å². The summed E-state index contributed by atoms with van der Waals surface area (Å²) in [5.41, 5.74) is -0.220. The highest BCUT2D eigenvalue weighted by Crippen LogP contribution is 2.38. The van der Waals surface area contributed by atoms with E-state index in [2.05, 4.69) is 26.4 Å². The molecule has 2 rings (SSSR count). The van der Waals surface area contributed by atoms with Crippen LogP contribution in [0.1, 0.15) is 13.8 Å². The van der Waals surface area contributed by atoms with E-state index in [0.717, 1.165) is 4.90 Å². The van der Waals surface area contributed by atoms with E-state index in [-0.39, 0.29) is 30.0 Å². The minimum Gasteiger partial charge on any atom is -0.480 e. The first-order chi connectivity index (χ1) is 13.8. The van der Waals surface area contributed by atoms with Crippen molar-refractivity contribution in [1.82, 2.24) is 10.2 Å². The monoisotopic (exact) mass is 497 g/mol. The van der Waals surface area contributed by atoms with Crippen molar-refractivity contribution in [3.05, 3.63) is 0 Å². The number of aliphatic hydroxyl groups excluding tert-OH is 1. The molecule has 0 spiro atoms. The highest BCUT2D eigenvalue weighted by Gasteiger charge is 2.58. The van der Waals surface area contributed by atoms with Crippen molar-refractivity contribution in [2.45, 2.75) is 43.2 Å². The molecule has 0 aromatic carbocycles. The fraction of sp³-hybridized carbons (Fsp3) is 0.750. The molecule has 0 saturated carbocycles. The number of aliphatic hydroxyl groups is 1. The van der Waals surface area contributed by atoms with E-state index in [1.807, 2.05) is 0 Å². The van der Waals surface area contributed by atoms with Crippen LogP contribution in [0.3, 0.4) is 0 Å². The third-order valence-corrected chi connectivity index (χ3v) is 6.52. The van der Waals surface area contributed by atoms with E-state index in [1.54, 1.807) is 13.8 Å². The van der Waals surface area contributed by atoms with Crippen LogP contribution in [-0.4, -0.2) is 99.4 Å². The SMILES string of the molecule is CCOC(CBr)(OCC)C(=NOC)C(=O)NC1C(=O)N2C(C(=O)O)C(O)CS[C@H]12. The number of carboxylic acid groups (broad SMARTS) is 1. The molecule has 13 heteroatoms. The minimum absolute atomic E-state index is 0.0769. The number of carboxylic acids is 1. The molecule has 3 unspecified atom stereocenters. The number of nitrogens with one attached hydrogen (secondary N) is 1. The fourth-order valence-electron chi connectivity index (χ4n) is 3.22. The predicted octanol–water partition coefficient (Wildman–Crippen LogP) is -0.633. The molecule has 2 saturated heterocycles. The lowest BCUT2D eigenvalue weighted by Gasteiger charge is -2.53. The molecule has 3 N–H and O–H groups in total. The topological polar surface area (TPSA) is 147 Å². The summed E-state index contributed by atoms with van der Waals surface area (Å²) < 4.78 is 11.3. The van der Waals surface area contributed by atoms with E-state index in [9.17, 15) is 24.6 Å². The Balaban J connectivity index is 2.22. The number of amides is 2. The average molecular weight is 498 g/mol. The van der Waals surface area contributed by atoms with Crippen molar-refractivity contribution in [2.24, 2.45) is 5.16 Å². The van der Waals surface area contributed by atoms with Gasteiger partial charge in [-0.3, -0.25) is 9.59 Å². The van der Waals surface area contributed by atoms with Crippen LogP contribution in [0.2, 0.25) is 0 Å². The Morgan fingerprint density at radius 3 is 2.48 bits per heavy atom. The quantitative estimate of drug-likeness (QED) is 0.118. The molecule has 29 heavy (non-hydrogen) atoms. The van der Waals surface area contributed by atoms with Gasteiger partial charge in [0.2, 0.25) is 17.4 Å². The van der Waals surface area contributed by atoms with Gasteiger partial charge in [0.25, 0.3) is 5.91 Å². The van der Waals surface area contributed by atoms with Crippen LogP contribution < -0.4 is 5.32 Å². The molecule has 0 aliphatic carbocycles. The second kappa shape index (κ2) is 10.1. The molecule has 2 fully saturated rings. The molecule has 2 aliphatic rings. The number of nitrogens with zero attached hydrogens (tertiary/aromatic N) is 2. The van der Waals surface area contributed by atoms with Gasteiger partial charge in [-0.25, -0.2) is 4.79 Å². The van der Waals surface area contributed by atoms with E-state index >= 15 is 0 Å². The number of fused-ring (bicyclic) bond motifs is 1. The molecule has 2 heterocycles. The number of alkyl halides is 1. The zero-order valence-corrected chi connectivity index (χ0v) is 18.6. The number of hydrogen-bond donors (Lipinski definition) is 3. The number of carbonyl (C=O) groups excluding carboxylic acids is 2. The summed E-state index contributed by atoms with van der Waals surface area (Å²) in [4.78, 5) is 42.7. The van der Waals surface area contributed by atoms with Crippen LogP contribution in [0.4, 0.5) is 0 Å². The average Bonchev–Trinajstić information content (AvgIpc) is 2.69. The first kappa shape index (κ1) is 23.9. The van der Waals surface area contributed by atoms with E-state index in [0.29, 0.717) is 0 Å². The lowest BCUT2D eigenvalue weighted by Crippen LogP contribution is -2.77. The van der Waals surface area contributed by atoms with Gasteiger partial charge in [-0.2, -0.15) is 0 Å². The van der Waals surface area contributed by atoms with Crippen LogP contribution in [0.25, 0.3) is 0 Å². The van der Waals surface area contributed by atoms with E-state index < -0.39 is 47.1 Å². The lowest BCUT2D eigenvalue weighted by molar-refractivity contribution is -0.172. The predicted molar refractivity (Wildman–Crippen MR) is 107 cm³/mol. The Morgan fingerprint density at radius 1 is 1.38 bits per heavy atom. The minimum atomic E-state index is -1.53. The summed E-state index contributed by atoms with van der Waals surface area (Å²) in [6.07, 6.45) is -1.18. The summed E-state index contributed by atoms with van der Waals surface area (Å²) >= 11 is 4.46. The molecule has 4 atom stereocenters. The lowest BCUT2D eigenvalue weighted by atomic mass is 9.99. The van der Waals surface area contributed by atoms with Crippen molar-refractivity contribution in [2.75, 3.05) is 31.4 Å². The maximum Gasteiger partial charge on any atom is 0.329 e. The highest BCUT2D eigenvalue weighted by atomic mass is 79.9. The largest absolute Gasteiger partial charge is 0.480 e. The third kappa shape index (κ3) is 4.53. The van der Waals surface area contributed by atoms with Crippen molar-refractivity contribution >= 4 is 51.2 Å². The number of β-lactam (4-membered cyclic amide) rings is 1. The Kier molecular flexibility index (Phi) is 8.28. The number of rotatable bonds is 10. The summed E-state index contributed by atoms with van der Waals surface area (Å²) in [6.45, 7) is 3.88. The molecule has 0 aromatic heterocycles. The number of aliphatic carboxylic acids is 1. The van der Waals surface area contributed by atoms with Gasteiger partial charge in [0, 0.05) is 19.0 Å². The molecule has 2 aliphatic heterocycles. The summed E-state index contributed by atoms with van der Waals surface area (Å²) in [5.74, 6) is -4.05. The smallest absolute Gasteiger partial charge is 0.329 e. The second-order valence-corrected chi connectivity index (χ2v) is 7.86. The summed E-state index contributed by atoms with van der Waals surface area (Å²) in [6, 6.07) is -2.32. The second-order valence-electron chi connectivity index (χ2n) is 6.15. The normalized spacial score (nSPS) is 27.1. The third-order valence-electron chi connectivity index (χ3n) is 4.41. The summed E-state index contributed by atoms with van der Waals surface area (Å²) in [7, 11) is 1.26. The van der Waals surface area contributed by atoms with Crippen molar-refractivity contribution in [1.29, 1.82) is 0 Å². The molecule has 0 radical (unpaired) electrons. The van der Waals surface area contributed by atoms with Gasteiger partial charge in [-0.15, -0.1) is 11.8 Å². The number of ether oxygens (including phenoxy) is 2. The van der Waals surface area contributed by atoms with Gasteiger partial charge in [-0.05, 0) is 13.8 Å². The molecule has 164 valence electrons. The number of oxime groups is 1. The van der Waals surface area contributed by atoms with E-state index in [1.165, 1.54) is 18.9 Å². The van der Waals surface area contributed by atoms with E-state index in [4.69, 9.17) is 14.3 Å². The van der Waals surface area contributed by atoms with Gasteiger partial charge in [-0.1, -0.05) is 21.1 Å². The zero-order chi connectivity index (χ0) is 21.8. The van der Waals surface area contributed by atoms with Gasteiger partial charge in [0.05, 0.1) is 11.4 Å². The fourth-order valence-corrected chi connectivity index (χ4v) is 5.16. The Hall–Kier alpha value is -1.41.